The van der Waals surface area contributed by atoms with Crippen molar-refractivity contribution in [3.05, 3.63) is 35.5 Å². The van der Waals surface area contributed by atoms with E-state index < -0.39 is 0 Å². The predicted molar refractivity (Wildman–Crippen MR) is 69.8 cm³/mol. The number of hydrogen-bond acceptors (Lipinski definition) is 1. The number of H-pyrrole nitrogens is 1. The number of aromatic amines is 1. The van der Waals surface area contributed by atoms with E-state index >= 15 is 0 Å². The lowest BCUT2D eigenvalue weighted by Crippen LogP contribution is -2.32. The number of hydrogen-bond donors (Lipinski definition) is 2. The molecule has 0 unspecified atom stereocenters. The molecule has 0 bridgehead atoms. The molecule has 2 N–H and O–H groups in total. The molecule has 1 heterocycles. The summed E-state index contributed by atoms with van der Waals surface area (Å²) in [6.07, 6.45) is 3.19. The van der Waals surface area contributed by atoms with Crippen LogP contribution in [0.2, 0.25) is 0 Å². The molecule has 0 fully saturated rings. The van der Waals surface area contributed by atoms with E-state index in [0.717, 1.165) is 6.42 Å². The third kappa shape index (κ3) is 1.63. The van der Waals surface area contributed by atoms with Crippen LogP contribution in [-0.2, 0) is 12.0 Å². The van der Waals surface area contributed by atoms with Gasteiger partial charge in [-0.15, -0.1) is 0 Å². The second kappa shape index (κ2) is 3.95. The van der Waals surface area contributed by atoms with Crippen LogP contribution >= 0.6 is 0 Å². The maximum atomic E-state index is 3.41. The van der Waals surface area contributed by atoms with Crippen LogP contribution in [0.15, 0.2) is 24.4 Å². The van der Waals surface area contributed by atoms with Crippen molar-refractivity contribution in [1.29, 1.82) is 0 Å². The van der Waals surface area contributed by atoms with Crippen LogP contribution in [0.3, 0.4) is 0 Å². The number of aromatic nitrogens is 1. The van der Waals surface area contributed by atoms with Gasteiger partial charge in [-0.05, 0) is 38.4 Å². The highest BCUT2D eigenvalue weighted by Gasteiger charge is 2.21. The predicted octanol–water partition coefficient (Wildman–Crippen LogP) is 3.18. The van der Waals surface area contributed by atoms with E-state index in [0.29, 0.717) is 0 Å². The van der Waals surface area contributed by atoms with Gasteiger partial charge in [0.25, 0.3) is 0 Å². The van der Waals surface area contributed by atoms with Gasteiger partial charge < -0.3 is 10.3 Å². The lowest BCUT2D eigenvalue weighted by molar-refractivity contribution is 0.448. The number of fused-ring (bicyclic) bond motifs is 1. The Labute approximate surface area is 97.1 Å². The summed E-state index contributed by atoms with van der Waals surface area (Å²) in [5.74, 6) is 0. The van der Waals surface area contributed by atoms with E-state index in [2.05, 4.69) is 55.5 Å². The minimum Gasteiger partial charge on any atom is -0.361 e. The van der Waals surface area contributed by atoms with Crippen LogP contribution in [0.25, 0.3) is 10.9 Å². The van der Waals surface area contributed by atoms with E-state index in [1.54, 1.807) is 0 Å². The molecule has 0 atom stereocenters. The maximum absolute atomic E-state index is 3.41. The Bertz CT molecular complexity index is 494. The average molecular weight is 216 g/mol. The summed E-state index contributed by atoms with van der Waals surface area (Å²) in [5.41, 5.74) is 4.00. The smallest absolute Gasteiger partial charge is 0.0489 e. The van der Waals surface area contributed by atoms with Gasteiger partial charge in [0.05, 0.1) is 0 Å². The van der Waals surface area contributed by atoms with Crippen molar-refractivity contribution in [1.82, 2.24) is 10.3 Å². The molecule has 0 saturated heterocycles. The molecule has 0 spiro atoms. The van der Waals surface area contributed by atoms with Gasteiger partial charge in [0.15, 0.2) is 0 Å². The molecule has 0 aliphatic carbocycles. The zero-order valence-corrected chi connectivity index (χ0v) is 10.5. The molecule has 0 aliphatic heterocycles. The van der Waals surface area contributed by atoms with Crippen LogP contribution in [0.4, 0.5) is 0 Å². The summed E-state index contributed by atoms with van der Waals surface area (Å²) in [5, 5.41) is 4.69. The molecule has 1 aromatic heterocycles. The fourth-order valence-corrected chi connectivity index (χ4v) is 2.16. The van der Waals surface area contributed by atoms with Gasteiger partial charge in [0.1, 0.15) is 0 Å². The van der Waals surface area contributed by atoms with E-state index in [1.165, 1.54) is 22.0 Å². The van der Waals surface area contributed by atoms with Gasteiger partial charge in [-0.3, -0.25) is 0 Å². The molecule has 1 aromatic carbocycles. The molecule has 0 saturated carbocycles. The Balaban J connectivity index is 2.66. The Morgan fingerprint density at radius 2 is 2.06 bits per heavy atom. The first-order valence-corrected chi connectivity index (χ1v) is 5.88. The summed E-state index contributed by atoms with van der Waals surface area (Å²) in [4.78, 5) is 3.41. The largest absolute Gasteiger partial charge is 0.361 e. The van der Waals surface area contributed by atoms with Gasteiger partial charge in [0, 0.05) is 22.6 Å². The van der Waals surface area contributed by atoms with Crippen molar-refractivity contribution in [3.63, 3.8) is 0 Å². The third-order valence-corrected chi connectivity index (χ3v) is 3.48. The first-order chi connectivity index (χ1) is 7.60. The van der Waals surface area contributed by atoms with Crippen molar-refractivity contribution >= 4 is 10.9 Å². The fourth-order valence-electron chi connectivity index (χ4n) is 2.16. The molecular weight excluding hydrogens is 196 g/mol. The van der Waals surface area contributed by atoms with Crippen LogP contribution in [0.1, 0.15) is 31.9 Å². The number of nitrogens with one attached hydrogen (secondary N) is 2. The molecule has 2 aromatic rings. The standard InChI is InChI=1S/C14H20N2/c1-5-10-7-6-8-11-12(9-16-13(10)11)14(2,3)15-4/h6-9,15-16H,5H2,1-4H3. The molecule has 2 nitrogen and oxygen atoms in total. The molecule has 0 amide bonds. The van der Waals surface area contributed by atoms with E-state index in [-0.39, 0.29) is 5.54 Å². The van der Waals surface area contributed by atoms with Gasteiger partial charge in [-0.25, -0.2) is 0 Å². The summed E-state index contributed by atoms with van der Waals surface area (Å²) in [6.45, 7) is 6.60. The highest BCUT2D eigenvalue weighted by molar-refractivity contribution is 5.86. The lowest BCUT2D eigenvalue weighted by Gasteiger charge is -2.23. The van der Waals surface area contributed by atoms with Crippen LogP contribution in [0, 0.1) is 0 Å². The molecule has 0 aliphatic rings. The Kier molecular flexibility index (Phi) is 2.76. The summed E-state index contributed by atoms with van der Waals surface area (Å²) < 4.78 is 0. The Morgan fingerprint density at radius 3 is 2.69 bits per heavy atom. The first kappa shape index (κ1) is 11.2. The number of benzene rings is 1. The van der Waals surface area contributed by atoms with Gasteiger partial charge in [0.2, 0.25) is 0 Å². The third-order valence-electron chi connectivity index (χ3n) is 3.48. The molecule has 2 rings (SSSR count). The number of aryl methyl sites for hydroxylation is 1. The molecule has 0 radical (unpaired) electrons. The minimum absolute atomic E-state index is 0.00458. The van der Waals surface area contributed by atoms with Crippen LogP contribution in [0.5, 0.6) is 0 Å². The second-order valence-electron chi connectivity index (χ2n) is 4.77. The quantitative estimate of drug-likeness (QED) is 0.810. The first-order valence-electron chi connectivity index (χ1n) is 5.88. The molecular formula is C14H20N2. The Hall–Kier alpha value is -1.28. The van der Waals surface area contributed by atoms with Crippen molar-refractivity contribution in [2.75, 3.05) is 7.05 Å². The summed E-state index contributed by atoms with van der Waals surface area (Å²) >= 11 is 0. The summed E-state index contributed by atoms with van der Waals surface area (Å²) in [6, 6.07) is 6.53. The highest BCUT2D eigenvalue weighted by Crippen LogP contribution is 2.29. The minimum atomic E-state index is 0.00458. The lowest BCUT2D eigenvalue weighted by atomic mass is 9.93. The second-order valence-corrected chi connectivity index (χ2v) is 4.77. The highest BCUT2D eigenvalue weighted by atomic mass is 14.9. The van der Waals surface area contributed by atoms with Gasteiger partial charge in [-0.1, -0.05) is 25.1 Å². The average Bonchev–Trinajstić information content (AvgIpc) is 2.73. The van der Waals surface area contributed by atoms with Gasteiger partial charge in [-0.2, -0.15) is 0 Å². The van der Waals surface area contributed by atoms with Crippen LogP contribution in [-0.4, -0.2) is 12.0 Å². The summed E-state index contributed by atoms with van der Waals surface area (Å²) in [7, 11) is 2.00. The van der Waals surface area contributed by atoms with Crippen molar-refractivity contribution in [2.45, 2.75) is 32.7 Å². The fraction of sp³-hybridized carbons (Fsp3) is 0.429. The monoisotopic (exact) mass is 216 g/mol. The number of para-hydroxylation sites is 1. The number of rotatable bonds is 3. The van der Waals surface area contributed by atoms with E-state index in [4.69, 9.17) is 0 Å². The Morgan fingerprint density at radius 1 is 1.31 bits per heavy atom. The zero-order chi connectivity index (χ0) is 11.8. The molecule has 86 valence electrons. The maximum Gasteiger partial charge on any atom is 0.0489 e. The van der Waals surface area contributed by atoms with Crippen molar-refractivity contribution < 1.29 is 0 Å². The van der Waals surface area contributed by atoms with Crippen molar-refractivity contribution in [2.24, 2.45) is 0 Å². The van der Waals surface area contributed by atoms with E-state index in [1.807, 2.05) is 7.05 Å². The van der Waals surface area contributed by atoms with Crippen molar-refractivity contribution in [3.8, 4) is 0 Å². The normalized spacial score (nSPS) is 12.2. The van der Waals surface area contributed by atoms with E-state index in [9.17, 15) is 0 Å². The molecule has 16 heavy (non-hydrogen) atoms. The molecule has 2 heteroatoms. The van der Waals surface area contributed by atoms with Crippen LogP contribution < -0.4 is 5.32 Å². The van der Waals surface area contributed by atoms with Gasteiger partial charge >= 0.3 is 0 Å². The SMILES string of the molecule is CCc1cccc2c(C(C)(C)NC)c[nH]c12. The zero-order valence-electron chi connectivity index (χ0n) is 10.5. The topological polar surface area (TPSA) is 27.8 Å².